The predicted octanol–water partition coefficient (Wildman–Crippen LogP) is 0.615. The van der Waals surface area contributed by atoms with Gasteiger partial charge in [-0.3, -0.25) is 4.79 Å². The molecule has 0 fully saturated rings. The monoisotopic (exact) mass is 182 g/mol. The molecule has 70 valence electrons. The summed E-state index contributed by atoms with van der Waals surface area (Å²) >= 11 is 0. The maximum absolute atomic E-state index is 10.4. The highest BCUT2D eigenvalue weighted by Crippen LogP contribution is 2.22. The van der Waals surface area contributed by atoms with E-state index in [9.17, 15) is 4.79 Å². The second kappa shape index (κ2) is 3.84. The molecule has 0 spiro atoms. The first kappa shape index (κ1) is 9.44. The van der Waals surface area contributed by atoms with Crippen LogP contribution in [0.25, 0.3) is 0 Å². The van der Waals surface area contributed by atoms with Gasteiger partial charge in [0.15, 0.2) is 12.1 Å². The molecule has 1 heterocycles. The first-order valence-electron chi connectivity index (χ1n) is 3.64. The van der Waals surface area contributed by atoms with Gasteiger partial charge in [0.05, 0.1) is 19.8 Å². The fourth-order valence-corrected chi connectivity index (χ4v) is 0.942. The van der Waals surface area contributed by atoms with Crippen molar-refractivity contribution in [1.82, 2.24) is 9.97 Å². The Kier molecular flexibility index (Phi) is 2.79. The molecule has 0 aliphatic heterocycles. The van der Waals surface area contributed by atoms with Gasteiger partial charge >= 0.3 is 0 Å². The molecule has 0 aliphatic rings. The van der Waals surface area contributed by atoms with Crippen molar-refractivity contribution in [2.75, 3.05) is 14.2 Å². The average Bonchev–Trinajstić information content (AvgIpc) is 2.18. The number of carbonyl (C=O) groups is 1. The predicted molar refractivity (Wildman–Crippen MR) is 45.3 cm³/mol. The molecule has 0 atom stereocenters. The van der Waals surface area contributed by atoms with Crippen LogP contribution >= 0.6 is 0 Å². The Labute approximate surface area is 75.7 Å². The Bertz CT molecular complexity index is 300. The summed E-state index contributed by atoms with van der Waals surface area (Å²) in [4.78, 5) is 18.1. The summed E-state index contributed by atoms with van der Waals surface area (Å²) in [6, 6.07) is 0. The molecule has 1 aromatic heterocycles. The summed E-state index contributed by atoms with van der Waals surface area (Å²) in [7, 11) is 2.95. The van der Waals surface area contributed by atoms with Crippen molar-refractivity contribution in [2.24, 2.45) is 0 Å². The van der Waals surface area contributed by atoms with E-state index in [1.165, 1.54) is 14.2 Å². The van der Waals surface area contributed by atoms with Crippen LogP contribution in [0.15, 0.2) is 0 Å². The van der Waals surface area contributed by atoms with Crippen LogP contribution in [0.2, 0.25) is 0 Å². The molecule has 0 aliphatic carbocycles. The van der Waals surface area contributed by atoms with Crippen molar-refractivity contribution in [3.63, 3.8) is 0 Å². The van der Waals surface area contributed by atoms with Gasteiger partial charge in [-0.2, -0.15) is 9.97 Å². The van der Waals surface area contributed by atoms with E-state index >= 15 is 0 Å². The zero-order valence-electron chi connectivity index (χ0n) is 7.70. The molecule has 0 unspecified atom stereocenters. The number of carbonyl (C=O) groups excluding carboxylic acids is 1. The second-order valence-electron chi connectivity index (χ2n) is 2.34. The molecule has 0 aromatic carbocycles. The fourth-order valence-electron chi connectivity index (χ4n) is 0.942. The second-order valence-corrected chi connectivity index (χ2v) is 2.34. The number of hydrogen-bond acceptors (Lipinski definition) is 5. The number of rotatable bonds is 3. The van der Waals surface area contributed by atoms with Gasteiger partial charge in [0, 0.05) is 0 Å². The molecule has 1 aromatic rings. The molecule has 5 heteroatoms. The molecule has 0 saturated heterocycles. The third kappa shape index (κ3) is 1.74. The Morgan fingerprint density at radius 3 is 1.92 bits per heavy atom. The van der Waals surface area contributed by atoms with Gasteiger partial charge in [-0.25, -0.2) is 0 Å². The number of methoxy groups -OCH3 is 2. The van der Waals surface area contributed by atoms with E-state index < -0.39 is 0 Å². The third-order valence-electron chi connectivity index (χ3n) is 1.57. The molecule has 0 radical (unpaired) electrons. The molecule has 0 N–H and O–H groups in total. The third-order valence-corrected chi connectivity index (χ3v) is 1.57. The summed E-state index contributed by atoms with van der Waals surface area (Å²) in [5.74, 6) is 0.766. The van der Waals surface area contributed by atoms with Gasteiger partial charge in [-0.15, -0.1) is 0 Å². The highest BCUT2D eigenvalue weighted by atomic mass is 16.5. The largest absolute Gasteiger partial charge is 0.481 e. The van der Waals surface area contributed by atoms with Crippen LogP contribution in [0.4, 0.5) is 0 Å². The SMILES string of the molecule is COc1nc(C=O)nc(OC)c1C. The normalized spacial score (nSPS) is 9.46. The van der Waals surface area contributed by atoms with Gasteiger partial charge in [0.2, 0.25) is 11.8 Å². The van der Waals surface area contributed by atoms with E-state index in [-0.39, 0.29) is 5.82 Å². The van der Waals surface area contributed by atoms with Gasteiger partial charge in [-0.05, 0) is 6.92 Å². The van der Waals surface area contributed by atoms with Crippen LogP contribution in [-0.2, 0) is 0 Å². The van der Waals surface area contributed by atoms with Gasteiger partial charge < -0.3 is 9.47 Å². The molecule has 0 saturated carbocycles. The number of aldehydes is 1. The Morgan fingerprint density at radius 1 is 1.15 bits per heavy atom. The highest BCUT2D eigenvalue weighted by molar-refractivity contribution is 5.69. The number of hydrogen-bond donors (Lipinski definition) is 0. The van der Waals surface area contributed by atoms with Crippen molar-refractivity contribution in [2.45, 2.75) is 6.92 Å². The van der Waals surface area contributed by atoms with E-state index in [2.05, 4.69) is 9.97 Å². The van der Waals surface area contributed by atoms with Gasteiger partial charge in [-0.1, -0.05) is 0 Å². The fraction of sp³-hybridized carbons (Fsp3) is 0.375. The summed E-state index contributed by atoms with van der Waals surface area (Å²) in [6.45, 7) is 1.76. The highest BCUT2D eigenvalue weighted by Gasteiger charge is 2.10. The lowest BCUT2D eigenvalue weighted by molar-refractivity contribution is 0.111. The van der Waals surface area contributed by atoms with Gasteiger partial charge in [0.25, 0.3) is 0 Å². The van der Waals surface area contributed by atoms with E-state index in [0.29, 0.717) is 23.6 Å². The molecular weight excluding hydrogens is 172 g/mol. The Hall–Kier alpha value is -1.65. The maximum Gasteiger partial charge on any atom is 0.223 e. The van der Waals surface area contributed by atoms with Crippen molar-refractivity contribution in [1.29, 1.82) is 0 Å². The Morgan fingerprint density at radius 2 is 1.62 bits per heavy atom. The van der Waals surface area contributed by atoms with Crippen molar-refractivity contribution < 1.29 is 14.3 Å². The number of nitrogens with zero attached hydrogens (tertiary/aromatic N) is 2. The zero-order chi connectivity index (χ0) is 9.84. The molecule has 1 rings (SSSR count). The minimum absolute atomic E-state index is 0.0549. The first-order valence-corrected chi connectivity index (χ1v) is 3.64. The minimum Gasteiger partial charge on any atom is -0.481 e. The summed E-state index contributed by atoms with van der Waals surface area (Å²) in [6.07, 6.45) is 0.546. The molecule has 13 heavy (non-hydrogen) atoms. The smallest absolute Gasteiger partial charge is 0.223 e. The quantitative estimate of drug-likeness (QED) is 0.641. The van der Waals surface area contributed by atoms with Crippen molar-refractivity contribution >= 4 is 6.29 Å². The molecule has 5 nitrogen and oxygen atoms in total. The Balaban J connectivity index is 3.28. The number of ether oxygens (including phenoxy) is 2. The van der Waals surface area contributed by atoms with E-state index in [0.717, 1.165) is 0 Å². The summed E-state index contributed by atoms with van der Waals surface area (Å²) < 4.78 is 9.88. The zero-order valence-corrected chi connectivity index (χ0v) is 7.70. The van der Waals surface area contributed by atoms with Crippen molar-refractivity contribution in [3.8, 4) is 11.8 Å². The summed E-state index contributed by atoms with van der Waals surface area (Å²) in [5, 5.41) is 0. The van der Waals surface area contributed by atoms with Crippen LogP contribution < -0.4 is 9.47 Å². The van der Waals surface area contributed by atoms with E-state index in [4.69, 9.17) is 9.47 Å². The van der Waals surface area contributed by atoms with Crippen LogP contribution in [-0.4, -0.2) is 30.5 Å². The van der Waals surface area contributed by atoms with Crippen LogP contribution in [0.5, 0.6) is 11.8 Å². The van der Waals surface area contributed by atoms with Crippen LogP contribution in [0, 0.1) is 6.92 Å². The van der Waals surface area contributed by atoms with Crippen LogP contribution in [0.1, 0.15) is 16.2 Å². The molecular formula is C8H10N2O3. The van der Waals surface area contributed by atoms with Crippen molar-refractivity contribution in [3.05, 3.63) is 11.4 Å². The van der Waals surface area contributed by atoms with E-state index in [1.807, 2.05) is 0 Å². The lowest BCUT2D eigenvalue weighted by Gasteiger charge is -2.07. The van der Waals surface area contributed by atoms with Gasteiger partial charge in [0.1, 0.15) is 0 Å². The molecule has 0 amide bonds. The standard InChI is InChI=1S/C8H10N2O3/c1-5-7(12-2)9-6(4-11)10-8(5)13-3/h4H,1-3H3. The topological polar surface area (TPSA) is 61.3 Å². The maximum atomic E-state index is 10.4. The van der Waals surface area contributed by atoms with E-state index in [1.54, 1.807) is 6.92 Å². The summed E-state index contributed by atoms with van der Waals surface area (Å²) in [5.41, 5.74) is 0.676. The van der Waals surface area contributed by atoms with Crippen LogP contribution in [0.3, 0.4) is 0 Å². The minimum atomic E-state index is 0.0549. The number of aromatic nitrogens is 2. The molecule has 0 bridgehead atoms. The first-order chi connectivity index (χ1) is 6.22. The lowest BCUT2D eigenvalue weighted by Crippen LogP contribution is -2.02. The average molecular weight is 182 g/mol. The lowest BCUT2D eigenvalue weighted by atomic mass is 10.3.